The van der Waals surface area contributed by atoms with Crippen LogP contribution in [0.4, 0.5) is 0 Å². The van der Waals surface area contributed by atoms with Crippen LogP contribution in [0, 0.1) is 29.1 Å². The molecule has 6 atom stereocenters. The maximum absolute atomic E-state index is 11.8. The quantitative estimate of drug-likeness (QED) is 0.651. The molecular formula is C22H34O2. The Kier molecular flexibility index (Phi) is 3.99. The summed E-state index contributed by atoms with van der Waals surface area (Å²) in [5.74, 6) is 3.61. The van der Waals surface area contributed by atoms with Crippen molar-refractivity contribution in [3.63, 3.8) is 0 Å². The van der Waals surface area contributed by atoms with E-state index in [0.717, 1.165) is 30.6 Å². The summed E-state index contributed by atoms with van der Waals surface area (Å²) in [6, 6.07) is 0. The number of ketones is 1. The summed E-state index contributed by atoms with van der Waals surface area (Å²) in [6.45, 7) is 9.12. The highest BCUT2D eigenvalue weighted by Crippen LogP contribution is 2.62. The van der Waals surface area contributed by atoms with Crippen LogP contribution < -0.4 is 0 Å². The summed E-state index contributed by atoms with van der Waals surface area (Å²) < 4.78 is 6.52. The zero-order chi connectivity index (χ0) is 17.1. The van der Waals surface area contributed by atoms with Crippen molar-refractivity contribution in [1.82, 2.24) is 0 Å². The van der Waals surface area contributed by atoms with Crippen molar-refractivity contribution in [2.75, 3.05) is 0 Å². The number of carbonyl (C=O) groups excluding carboxylic acids is 1. The third-order valence-electron chi connectivity index (χ3n) is 7.66. The Morgan fingerprint density at radius 2 is 1.96 bits per heavy atom. The maximum Gasteiger partial charge on any atom is 0.155 e. The molecule has 134 valence electrons. The van der Waals surface area contributed by atoms with Crippen molar-refractivity contribution >= 4 is 5.78 Å². The van der Waals surface area contributed by atoms with Gasteiger partial charge in [-0.25, -0.2) is 0 Å². The molecule has 2 heteroatoms. The number of ether oxygens (including phenoxy) is 1. The van der Waals surface area contributed by atoms with Gasteiger partial charge in [-0.2, -0.15) is 0 Å². The van der Waals surface area contributed by atoms with Gasteiger partial charge in [0.2, 0.25) is 0 Å². The Balaban J connectivity index is 1.54. The van der Waals surface area contributed by atoms with Crippen LogP contribution in [-0.2, 0) is 9.53 Å². The van der Waals surface area contributed by atoms with Gasteiger partial charge in [0.15, 0.2) is 5.78 Å². The molecule has 3 fully saturated rings. The minimum atomic E-state index is -0.0361. The second-order valence-electron chi connectivity index (χ2n) is 10.2. The summed E-state index contributed by atoms with van der Waals surface area (Å²) in [5, 5.41) is 0. The molecule has 0 amide bonds. The van der Waals surface area contributed by atoms with Crippen LogP contribution in [0.2, 0.25) is 0 Å². The molecule has 0 spiro atoms. The predicted octanol–water partition coefficient (Wildman–Crippen LogP) is 5.31. The Labute approximate surface area is 147 Å². The minimum Gasteiger partial charge on any atom is -0.372 e. The monoisotopic (exact) mass is 330 g/mol. The minimum absolute atomic E-state index is 0.0361. The van der Waals surface area contributed by atoms with Crippen LogP contribution in [0.5, 0.6) is 0 Å². The van der Waals surface area contributed by atoms with E-state index in [9.17, 15) is 4.79 Å². The molecule has 3 saturated carbocycles. The zero-order valence-corrected chi connectivity index (χ0v) is 15.9. The number of fused-ring (bicyclic) bond motifs is 4. The first kappa shape index (κ1) is 16.8. The average Bonchev–Trinajstić information content (AvgIpc) is 2.81. The third kappa shape index (κ3) is 2.79. The summed E-state index contributed by atoms with van der Waals surface area (Å²) in [4.78, 5) is 11.8. The largest absolute Gasteiger partial charge is 0.372 e. The third-order valence-corrected chi connectivity index (χ3v) is 7.66. The van der Waals surface area contributed by atoms with Crippen LogP contribution >= 0.6 is 0 Å². The molecule has 0 aromatic heterocycles. The first-order chi connectivity index (χ1) is 11.3. The smallest absolute Gasteiger partial charge is 0.155 e. The van der Waals surface area contributed by atoms with Crippen molar-refractivity contribution in [3.05, 3.63) is 11.6 Å². The topological polar surface area (TPSA) is 26.3 Å². The molecule has 0 saturated heterocycles. The SMILES string of the molecule is CC(C)(C)OC1CC[C@@H]2[C@H]3C[C@H]4CCC(=O)C=C4C[C@@H]3CC[C@@]12C. The van der Waals surface area contributed by atoms with Crippen molar-refractivity contribution in [3.8, 4) is 0 Å². The van der Waals surface area contributed by atoms with Crippen molar-refractivity contribution in [1.29, 1.82) is 0 Å². The van der Waals surface area contributed by atoms with Crippen molar-refractivity contribution < 1.29 is 9.53 Å². The van der Waals surface area contributed by atoms with Crippen LogP contribution in [-0.4, -0.2) is 17.5 Å². The summed E-state index contributed by atoms with van der Waals surface area (Å²) in [5.41, 5.74) is 1.84. The van der Waals surface area contributed by atoms with E-state index in [2.05, 4.69) is 27.7 Å². The Morgan fingerprint density at radius 3 is 2.71 bits per heavy atom. The van der Waals surface area contributed by atoms with E-state index in [1.54, 1.807) is 0 Å². The molecule has 0 radical (unpaired) electrons. The normalized spacial score (nSPS) is 45.2. The first-order valence-corrected chi connectivity index (χ1v) is 10.2. The second kappa shape index (κ2) is 5.69. The fourth-order valence-corrected chi connectivity index (χ4v) is 6.57. The average molecular weight is 331 g/mol. The summed E-state index contributed by atoms with van der Waals surface area (Å²) >= 11 is 0. The molecule has 0 aromatic carbocycles. The highest BCUT2D eigenvalue weighted by molar-refractivity contribution is 5.91. The molecule has 0 aliphatic heterocycles. The van der Waals surface area contributed by atoms with Gasteiger partial charge in [0, 0.05) is 6.42 Å². The van der Waals surface area contributed by atoms with Crippen LogP contribution in [0.25, 0.3) is 0 Å². The molecule has 4 aliphatic rings. The molecular weight excluding hydrogens is 296 g/mol. The highest BCUT2D eigenvalue weighted by Gasteiger charge is 2.56. The number of allylic oxidation sites excluding steroid dienone is 2. The molecule has 24 heavy (non-hydrogen) atoms. The van der Waals surface area contributed by atoms with Crippen molar-refractivity contribution in [2.24, 2.45) is 29.1 Å². The van der Waals surface area contributed by atoms with Gasteiger partial charge in [-0.05, 0) is 101 Å². The molecule has 0 N–H and O–H groups in total. The van der Waals surface area contributed by atoms with E-state index in [-0.39, 0.29) is 5.60 Å². The van der Waals surface area contributed by atoms with Gasteiger partial charge < -0.3 is 4.74 Å². The number of rotatable bonds is 1. The summed E-state index contributed by atoms with van der Waals surface area (Å²) in [6.07, 6.45) is 12.1. The van der Waals surface area contributed by atoms with E-state index in [1.807, 2.05) is 6.08 Å². The molecule has 4 aliphatic carbocycles. The predicted molar refractivity (Wildman–Crippen MR) is 96.7 cm³/mol. The van der Waals surface area contributed by atoms with Gasteiger partial charge in [0.05, 0.1) is 11.7 Å². The molecule has 0 aromatic rings. The van der Waals surface area contributed by atoms with Gasteiger partial charge in [-0.15, -0.1) is 0 Å². The van der Waals surface area contributed by atoms with Crippen LogP contribution in [0.15, 0.2) is 11.6 Å². The maximum atomic E-state index is 11.8. The fourth-order valence-electron chi connectivity index (χ4n) is 6.57. The Bertz CT molecular complexity index is 555. The number of carbonyl (C=O) groups is 1. The molecule has 1 unspecified atom stereocenters. The lowest BCUT2D eigenvalue weighted by atomic mass is 9.53. The first-order valence-electron chi connectivity index (χ1n) is 10.2. The second-order valence-corrected chi connectivity index (χ2v) is 10.2. The van der Waals surface area contributed by atoms with Gasteiger partial charge >= 0.3 is 0 Å². The van der Waals surface area contributed by atoms with E-state index >= 15 is 0 Å². The lowest BCUT2D eigenvalue weighted by Gasteiger charge is -2.53. The highest BCUT2D eigenvalue weighted by atomic mass is 16.5. The van der Waals surface area contributed by atoms with Crippen LogP contribution in [0.3, 0.4) is 0 Å². The van der Waals surface area contributed by atoms with Gasteiger partial charge in [0.25, 0.3) is 0 Å². The zero-order valence-electron chi connectivity index (χ0n) is 15.9. The van der Waals surface area contributed by atoms with Gasteiger partial charge in [0.1, 0.15) is 0 Å². The lowest BCUT2D eigenvalue weighted by molar-refractivity contribution is -0.131. The number of hydrogen-bond donors (Lipinski definition) is 0. The van der Waals surface area contributed by atoms with Crippen LogP contribution in [0.1, 0.15) is 79.1 Å². The van der Waals surface area contributed by atoms with E-state index < -0.39 is 0 Å². The lowest BCUT2D eigenvalue weighted by Crippen LogP contribution is -2.48. The Hall–Kier alpha value is -0.630. The fraction of sp³-hybridized carbons (Fsp3) is 0.864. The van der Waals surface area contributed by atoms with E-state index in [1.165, 1.54) is 44.1 Å². The van der Waals surface area contributed by atoms with E-state index in [0.29, 0.717) is 23.2 Å². The molecule has 0 heterocycles. The van der Waals surface area contributed by atoms with Gasteiger partial charge in [-0.3, -0.25) is 4.79 Å². The standard InChI is InChI=1S/C22H34O2/c1-21(2,3)24-20-8-7-19-18-13-14-5-6-17(23)12-16(14)11-15(18)9-10-22(19,20)4/h12,14-15,18-20H,5-11,13H2,1-4H3/t14-,15+,18+,19-,20?,22-/m1/s1. The molecule has 0 bridgehead atoms. The van der Waals surface area contributed by atoms with Gasteiger partial charge in [-0.1, -0.05) is 12.5 Å². The Morgan fingerprint density at radius 1 is 1.17 bits per heavy atom. The molecule has 2 nitrogen and oxygen atoms in total. The number of hydrogen-bond acceptors (Lipinski definition) is 2. The van der Waals surface area contributed by atoms with E-state index in [4.69, 9.17) is 4.74 Å². The van der Waals surface area contributed by atoms with Crippen molar-refractivity contribution in [2.45, 2.75) is 90.8 Å². The summed E-state index contributed by atoms with van der Waals surface area (Å²) in [7, 11) is 0. The molecule has 4 rings (SSSR count).